The maximum atomic E-state index is 13.4. The van der Waals surface area contributed by atoms with Gasteiger partial charge in [-0.3, -0.25) is 0 Å². The van der Waals surface area contributed by atoms with Crippen molar-refractivity contribution in [2.45, 2.75) is 56.8 Å². The number of alkyl halides is 6. The highest BCUT2D eigenvalue weighted by atomic mass is 19.3. The lowest BCUT2D eigenvalue weighted by molar-refractivity contribution is -0.321. The Bertz CT molecular complexity index is 236. The fourth-order valence-corrected chi connectivity index (χ4v) is 2.01. The van der Waals surface area contributed by atoms with Crippen molar-refractivity contribution in [2.75, 3.05) is 0 Å². The second-order valence-electron chi connectivity index (χ2n) is 4.42. The van der Waals surface area contributed by atoms with Crippen molar-refractivity contribution in [3.05, 3.63) is 0 Å². The summed E-state index contributed by atoms with van der Waals surface area (Å²) in [4.78, 5) is 0. The van der Waals surface area contributed by atoms with Gasteiger partial charge in [-0.2, -0.15) is 26.3 Å². The summed E-state index contributed by atoms with van der Waals surface area (Å²) in [5, 5.41) is 0. The minimum atomic E-state index is -5.28. The molecule has 1 fully saturated rings. The average Bonchev–Trinajstić information content (AvgIpc) is 2.17. The molecule has 16 heavy (non-hydrogen) atoms. The van der Waals surface area contributed by atoms with Crippen molar-refractivity contribution in [1.29, 1.82) is 0 Å². The van der Waals surface area contributed by atoms with Gasteiger partial charge in [0.25, 0.3) is 0 Å². The van der Waals surface area contributed by atoms with Crippen LogP contribution in [0.1, 0.15) is 39.0 Å². The molecule has 0 aromatic heterocycles. The largest absolute Gasteiger partial charge is 0.371 e. The molecule has 0 nitrogen and oxygen atoms in total. The minimum Gasteiger partial charge on any atom is -0.200 e. The maximum Gasteiger partial charge on any atom is 0.371 e. The van der Waals surface area contributed by atoms with E-state index < -0.39 is 23.7 Å². The van der Waals surface area contributed by atoms with Crippen molar-refractivity contribution < 1.29 is 26.3 Å². The van der Waals surface area contributed by atoms with Gasteiger partial charge in [-0.15, -0.1) is 0 Å². The SMILES string of the molecule is CC(F)(F)C(F)(F)C(F)(F)C1CCCCC1. The Morgan fingerprint density at radius 3 is 1.62 bits per heavy atom. The summed E-state index contributed by atoms with van der Waals surface area (Å²) in [5.41, 5.74) is 0. The van der Waals surface area contributed by atoms with E-state index in [2.05, 4.69) is 0 Å². The summed E-state index contributed by atoms with van der Waals surface area (Å²) in [6, 6.07) is 0. The zero-order chi connectivity index (χ0) is 12.6. The molecule has 0 aromatic carbocycles. The first kappa shape index (κ1) is 13.6. The molecule has 0 bridgehead atoms. The highest BCUT2D eigenvalue weighted by molar-refractivity contribution is 4.98. The quantitative estimate of drug-likeness (QED) is 0.645. The van der Waals surface area contributed by atoms with Crippen LogP contribution in [-0.2, 0) is 0 Å². The van der Waals surface area contributed by atoms with E-state index in [1.807, 2.05) is 0 Å². The average molecular weight is 248 g/mol. The second kappa shape index (κ2) is 4.11. The Hall–Kier alpha value is -0.420. The molecule has 1 rings (SSSR count). The van der Waals surface area contributed by atoms with E-state index in [1.165, 1.54) is 0 Å². The molecular formula is C10H14F6. The van der Waals surface area contributed by atoms with Crippen LogP contribution < -0.4 is 0 Å². The number of rotatable bonds is 3. The van der Waals surface area contributed by atoms with E-state index in [1.54, 1.807) is 0 Å². The van der Waals surface area contributed by atoms with Crippen LogP contribution in [0.2, 0.25) is 0 Å². The molecule has 0 N–H and O–H groups in total. The van der Waals surface area contributed by atoms with Gasteiger partial charge in [0.1, 0.15) is 0 Å². The summed E-state index contributed by atoms with van der Waals surface area (Å²) in [6.45, 7) is -0.163. The Morgan fingerprint density at radius 1 is 0.812 bits per heavy atom. The number of hydrogen-bond acceptors (Lipinski definition) is 0. The molecule has 0 radical (unpaired) electrons. The first-order chi connectivity index (χ1) is 7.11. The summed E-state index contributed by atoms with van der Waals surface area (Å²) >= 11 is 0. The fraction of sp³-hybridized carbons (Fsp3) is 1.00. The highest BCUT2D eigenvalue weighted by Gasteiger charge is 2.71. The Morgan fingerprint density at radius 2 is 1.25 bits per heavy atom. The van der Waals surface area contributed by atoms with Crippen LogP contribution in [0.15, 0.2) is 0 Å². The highest BCUT2D eigenvalue weighted by Crippen LogP contribution is 2.52. The Balaban J connectivity index is 2.90. The first-order valence-corrected chi connectivity index (χ1v) is 5.24. The fourth-order valence-electron chi connectivity index (χ4n) is 2.01. The summed E-state index contributed by atoms with van der Waals surface area (Å²) in [6.07, 6.45) is 1.26. The normalized spacial score (nSPS) is 21.2. The van der Waals surface area contributed by atoms with Crippen LogP contribution in [0.3, 0.4) is 0 Å². The van der Waals surface area contributed by atoms with Gasteiger partial charge in [0.15, 0.2) is 0 Å². The molecule has 1 aliphatic rings. The lowest BCUT2D eigenvalue weighted by atomic mass is 9.81. The molecule has 0 saturated heterocycles. The van der Waals surface area contributed by atoms with Gasteiger partial charge in [0.05, 0.1) is 0 Å². The minimum absolute atomic E-state index is 0.112. The van der Waals surface area contributed by atoms with Crippen molar-refractivity contribution in [3.8, 4) is 0 Å². The Kier molecular flexibility index (Phi) is 3.50. The molecule has 96 valence electrons. The summed E-state index contributed by atoms with van der Waals surface area (Å²) in [5.74, 6) is -16.2. The molecular weight excluding hydrogens is 234 g/mol. The number of hydrogen-bond donors (Lipinski definition) is 0. The zero-order valence-corrected chi connectivity index (χ0v) is 8.88. The molecule has 0 atom stereocenters. The maximum absolute atomic E-state index is 13.4. The van der Waals surface area contributed by atoms with Crippen LogP contribution in [0, 0.1) is 5.92 Å². The Labute approximate surface area is 90.0 Å². The standard InChI is InChI=1S/C10H14F6/c1-8(11,12)10(15,16)9(13,14)7-5-3-2-4-6-7/h7H,2-6H2,1H3. The molecule has 1 saturated carbocycles. The third kappa shape index (κ3) is 2.15. The van der Waals surface area contributed by atoms with E-state index in [4.69, 9.17) is 0 Å². The molecule has 0 aliphatic heterocycles. The van der Waals surface area contributed by atoms with Crippen LogP contribution in [-0.4, -0.2) is 17.8 Å². The molecule has 6 heteroatoms. The molecule has 0 heterocycles. The van der Waals surface area contributed by atoms with Gasteiger partial charge in [0.2, 0.25) is 0 Å². The first-order valence-electron chi connectivity index (χ1n) is 5.24. The number of halogens is 6. The molecule has 0 aromatic rings. The summed E-state index contributed by atoms with van der Waals surface area (Å²) in [7, 11) is 0. The topological polar surface area (TPSA) is 0 Å². The van der Waals surface area contributed by atoms with E-state index >= 15 is 0 Å². The predicted molar refractivity (Wildman–Crippen MR) is 47.1 cm³/mol. The second-order valence-corrected chi connectivity index (χ2v) is 4.42. The van der Waals surface area contributed by atoms with E-state index in [9.17, 15) is 26.3 Å². The molecule has 1 aliphatic carbocycles. The van der Waals surface area contributed by atoms with Gasteiger partial charge in [-0.25, -0.2) is 0 Å². The van der Waals surface area contributed by atoms with Gasteiger partial charge in [0, 0.05) is 12.8 Å². The monoisotopic (exact) mass is 248 g/mol. The van der Waals surface area contributed by atoms with Gasteiger partial charge in [-0.05, 0) is 12.8 Å². The summed E-state index contributed by atoms with van der Waals surface area (Å²) < 4.78 is 77.7. The van der Waals surface area contributed by atoms with Crippen molar-refractivity contribution >= 4 is 0 Å². The van der Waals surface area contributed by atoms with Crippen molar-refractivity contribution in [2.24, 2.45) is 5.92 Å². The molecule has 0 spiro atoms. The van der Waals surface area contributed by atoms with Gasteiger partial charge < -0.3 is 0 Å². The zero-order valence-electron chi connectivity index (χ0n) is 8.88. The van der Waals surface area contributed by atoms with Gasteiger partial charge in [-0.1, -0.05) is 19.3 Å². The van der Waals surface area contributed by atoms with Crippen LogP contribution in [0.4, 0.5) is 26.3 Å². The molecule has 0 unspecified atom stereocenters. The van der Waals surface area contributed by atoms with Crippen LogP contribution in [0.5, 0.6) is 0 Å². The third-order valence-electron chi connectivity index (χ3n) is 3.09. The third-order valence-corrected chi connectivity index (χ3v) is 3.09. The molecule has 0 amide bonds. The lowest BCUT2D eigenvalue weighted by Gasteiger charge is -2.37. The van der Waals surface area contributed by atoms with Crippen LogP contribution in [0.25, 0.3) is 0 Å². The van der Waals surface area contributed by atoms with E-state index in [0.29, 0.717) is 19.3 Å². The van der Waals surface area contributed by atoms with Crippen molar-refractivity contribution in [1.82, 2.24) is 0 Å². The predicted octanol–water partition coefficient (Wildman–Crippen LogP) is 4.49. The van der Waals surface area contributed by atoms with Gasteiger partial charge >= 0.3 is 17.8 Å². The van der Waals surface area contributed by atoms with Crippen LogP contribution >= 0.6 is 0 Å². The lowest BCUT2D eigenvalue weighted by Crippen LogP contribution is -2.56. The smallest absolute Gasteiger partial charge is 0.200 e. The van der Waals surface area contributed by atoms with E-state index in [0.717, 1.165) is 0 Å². The van der Waals surface area contributed by atoms with Crippen molar-refractivity contribution in [3.63, 3.8) is 0 Å². The van der Waals surface area contributed by atoms with E-state index in [-0.39, 0.29) is 19.8 Å².